The van der Waals surface area contributed by atoms with Gasteiger partial charge in [0.15, 0.2) is 0 Å². The third-order valence-electron chi connectivity index (χ3n) is 3.83. The first-order valence-corrected chi connectivity index (χ1v) is 6.53. The normalized spacial score (nSPS) is 15.6. The molecule has 1 aliphatic rings. The molecule has 0 bridgehead atoms. The number of nitrogens with two attached hydrogens (primary N) is 1. The van der Waals surface area contributed by atoms with Crippen molar-refractivity contribution in [3.63, 3.8) is 0 Å². The molecule has 102 valence electrons. The molecule has 4 heteroatoms. The highest BCUT2D eigenvalue weighted by Gasteiger charge is 2.24. The average molecular weight is 267 g/mol. The number of carbonyl (C=O) groups excluding carboxylic acids is 1. The van der Waals surface area contributed by atoms with Gasteiger partial charge in [-0.15, -0.1) is 0 Å². The first-order valence-electron chi connectivity index (χ1n) is 6.53. The number of fused-ring (bicyclic) bond motifs is 1. The maximum absolute atomic E-state index is 12.1. The quantitative estimate of drug-likeness (QED) is 0.616. The molecule has 4 nitrogen and oxygen atoms in total. The van der Waals surface area contributed by atoms with Gasteiger partial charge in [0.05, 0.1) is 5.57 Å². The Hall–Kier alpha value is -2.49. The van der Waals surface area contributed by atoms with Crippen LogP contribution in [0.2, 0.25) is 0 Å². The van der Waals surface area contributed by atoms with Gasteiger partial charge in [0.1, 0.15) is 0 Å². The van der Waals surface area contributed by atoms with Crippen LogP contribution in [0.4, 0.5) is 11.4 Å². The lowest BCUT2D eigenvalue weighted by Gasteiger charge is -2.04. The second kappa shape index (κ2) is 4.27. The van der Waals surface area contributed by atoms with Crippen LogP contribution in [0, 0.1) is 13.8 Å². The van der Waals surface area contributed by atoms with Gasteiger partial charge in [0.2, 0.25) is 0 Å². The number of hydrogen-bond acceptors (Lipinski definition) is 2. The number of benzene rings is 1. The summed E-state index contributed by atoms with van der Waals surface area (Å²) >= 11 is 0. The van der Waals surface area contributed by atoms with Crippen LogP contribution < -0.4 is 11.1 Å². The lowest BCUT2D eigenvalue weighted by molar-refractivity contribution is -0.110. The number of nitrogens with zero attached hydrogens (tertiary/aromatic N) is 1. The van der Waals surface area contributed by atoms with Gasteiger partial charge in [-0.3, -0.25) is 4.79 Å². The molecule has 1 aromatic heterocycles. The number of hydrogen-bond donors (Lipinski definition) is 2. The van der Waals surface area contributed by atoms with E-state index < -0.39 is 0 Å². The Morgan fingerprint density at radius 3 is 2.65 bits per heavy atom. The van der Waals surface area contributed by atoms with Crippen molar-refractivity contribution in [2.45, 2.75) is 13.8 Å². The van der Waals surface area contributed by atoms with Gasteiger partial charge in [0.25, 0.3) is 5.91 Å². The summed E-state index contributed by atoms with van der Waals surface area (Å²) in [6.07, 6.45) is 1.93. The summed E-state index contributed by atoms with van der Waals surface area (Å²) in [6.45, 7) is 4.10. The zero-order chi connectivity index (χ0) is 14.4. The van der Waals surface area contributed by atoms with Crippen LogP contribution in [-0.2, 0) is 11.8 Å². The van der Waals surface area contributed by atoms with Gasteiger partial charge in [-0.25, -0.2) is 0 Å². The monoisotopic (exact) mass is 267 g/mol. The number of carbonyl (C=O) groups is 1. The molecular weight excluding hydrogens is 250 g/mol. The Morgan fingerprint density at radius 1 is 1.25 bits per heavy atom. The molecule has 3 N–H and O–H groups in total. The van der Waals surface area contributed by atoms with E-state index in [1.165, 1.54) is 5.69 Å². The van der Waals surface area contributed by atoms with E-state index in [0.29, 0.717) is 11.3 Å². The van der Waals surface area contributed by atoms with Crippen molar-refractivity contribution in [2.75, 3.05) is 11.1 Å². The fraction of sp³-hybridized carbons (Fsp3) is 0.188. The standard InChI is InChI=1S/C16H17N3O/c1-9-6-10(2)19(3)15(9)8-13-12-7-11(17)4-5-14(12)18-16(13)20/h4-8H,17H2,1-3H3,(H,18,20). The Morgan fingerprint density at radius 2 is 2.00 bits per heavy atom. The molecule has 1 amide bonds. The van der Waals surface area contributed by atoms with Gasteiger partial charge in [-0.05, 0) is 49.8 Å². The van der Waals surface area contributed by atoms with Crippen LogP contribution in [0.15, 0.2) is 24.3 Å². The second-order valence-electron chi connectivity index (χ2n) is 5.23. The summed E-state index contributed by atoms with van der Waals surface area (Å²) < 4.78 is 2.08. The number of anilines is 2. The fourth-order valence-electron chi connectivity index (χ4n) is 2.63. The largest absolute Gasteiger partial charge is 0.399 e. The maximum atomic E-state index is 12.1. The van der Waals surface area contributed by atoms with Crippen molar-refractivity contribution in [1.29, 1.82) is 0 Å². The first-order chi connectivity index (χ1) is 9.47. The van der Waals surface area contributed by atoms with E-state index in [2.05, 4.69) is 22.9 Å². The minimum Gasteiger partial charge on any atom is -0.399 e. The third kappa shape index (κ3) is 1.81. The molecule has 0 radical (unpaired) electrons. The average Bonchev–Trinajstić information content (AvgIpc) is 2.82. The summed E-state index contributed by atoms with van der Waals surface area (Å²) in [4.78, 5) is 12.1. The van der Waals surface area contributed by atoms with Crippen LogP contribution in [0.3, 0.4) is 0 Å². The number of nitrogens with one attached hydrogen (secondary N) is 1. The van der Waals surface area contributed by atoms with Gasteiger partial charge in [-0.1, -0.05) is 0 Å². The van der Waals surface area contributed by atoms with Crippen LogP contribution in [0.1, 0.15) is 22.5 Å². The number of amides is 1. The van der Waals surface area contributed by atoms with E-state index in [4.69, 9.17) is 5.73 Å². The smallest absolute Gasteiger partial charge is 0.256 e. The number of nitrogen functional groups attached to an aromatic ring is 1. The van der Waals surface area contributed by atoms with E-state index in [1.54, 1.807) is 6.07 Å². The van der Waals surface area contributed by atoms with Crippen molar-refractivity contribution < 1.29 is 4.79 Å². The van der Waals surface area contributed by atoms with E-state index in [-0.39, 0.29) is 5.91 Å². The topological polar surface area (TPSA) is 60.0 Å². The van der Waals surface area contributed by atoms with Crippen LogP contribution in [-0.4, -0.2) is 10.5 Å². The van der Waals surface area contributed by atoms with Crippen molar-refractivity contribution in [2.24, 2.45) is 7.05 Å². The number of aromatic nitrogens is 1. The SMILES string of the molecule is Cc1cc(C)n(C)c1C=C1C(=O)Nc2ccc(N)cc21. The van der Waals surface area contributed by atoms with E-state index >= 15 is 0 Å². The zero-order valence-electron chi connectivity index (χ0n) is 11.8. The van der Waals surface area contributed by atoms with Crippen molar-refractivity contribution in [3.8, 4) is 0 Å². The first kappa shape index (κ1) is 12.5. The summed E-state index contributed by atoms with van der Waals surface area (Å²) in [5.41, 5.74) is 12.2. The van der Waals surface area contributed by atoms with Crippen LogP contribution in [0.25, 0.3) is 11.6 Å². The van der Waals surface area contributed by atoms with E-state index in [1.807, 2.05) is 32.2 Å². The van der Waals surface area contributed by atoms with Gasteiger partial charge in [0, 0.05) is 35.4 Å². The van der Waals surface area contributed by atoms with Crippen molar-refractivity contribution in [3.05, 3.63) is 46.8 Å². The van der Waals surface area contributed by atoms with Gasteiger partial charge < -0.3 is 15.6 Å². The van der Waals surface area contributed by atoms with Crippen LogP contribution >= 0.6 is 0 Å². The summed E-state index contributed by atoms with van der Waals surface area (Å²) in [5.74, 6) is -0.0798. The highest BCUT2D eigenvalue weighted by molar-refractivity contribution is 6.35. The molecule has 0 aliphatic carbocycles. The maximum Gasteiger partial charge on any atom is 0.256 e. The number of aryl methyl sites for hydroxylation is 2. The Labute approximate surface area is 117 Å². The van der Waals surface area contributed by atoms with Crippen molar-refractivity contribution >= 4 is 28.9 Å². The molecule has 0 saturated carbocycles. The molecule has 3 rings (SSSR count). The summed E-state index contributed by atoms with van der Waals surface area (Å²) in [5, 5.41) is 2.87. The molecule has 0 fully saturated rings. The highest BCUT2D eigenvalue weighted by atomic mass is 16.2. The molecule has 2 aromatic rings. The molecule has 1 aliphatic heterocycles. The van der Waals surface area contributed by atoms with E-state index in [9.17, 15) is 4.79 Å². The minimum absolute atomic E-state index is 0.0798. The number of rotatable bonds is 1. The molecule has 0 unspecified atom stereocenters. The molecule has 20 heavy (non-hydrogen) atoms. The highest BCUT2D eigenvalue weighted by Crippen LogP contribution is 2.35. The second-order valence-corrected chi connectivity index (χ2v) is 5.23. The molecule has 0 spiro atoms. The van der Waals surface area contributed by atoms with Crippen molar-refractivity contribution in [1.82, 2.24) is 4.57 Å². The Bertz CT molecular complexity index is 753. The van der Waals surface area contributed by atoms with E-state index in [0.717, 1.165) is 22.5 Å². The summed E-state index contributed by atoms with van der Waals surface area (Å²) in [7, 11) is 2.00. The predicted octanol–water partition coefficient (Wildman–Crippen LogP) is 2.72. The fourth-order valence-corrected chi connectivity index (χ4v) is 2.63. The lowest BCUT2D eigenvalue weighted by atomic mass is 10.0. The predicted molar refractivity (Wildman–Crippen MR) is 82.2 cm³/mol. The Kier molecular flexibility index (Phi) is 2.67. The summed E-state index contributed by atoms with van der Waals surface area (Å²) in [6, 6.07) is 7.58. The van der Waals surface area contributed by atoms with Gasteiger partial charge in [-0.2, -0.15) is 0 Å². The van der Waals surface area contributed by atoms with Crippen LogP contribution in [0.5, 0.6) is 0 Å². The molecule has 0 saturated heterocycles. The molecule has 0 atom stereocenters. The Balaban J connectivity index is 2.18. The lowest BCUT2D eigenvalue weighted by Crippen LogP contribution is -2.04. The zero-order valence-corrected chi connectivity index (χ0v) is 11.8. The molecule has 2 heterocycles. The minimum atomic E-state index is -0.0798. The molecule has 1 aromatic carbocycles. The van der Waals surface area contributed by atoms with Gasteiger partial charge >= 0.3 is 0 Å². The molecular formula is C16H17N3O. The third-order valence-corrected chi connectivity index (χ3v) is 3.83.